The lowest BCUT2D eigenvalue weighted by atomic mass is 10.2. The van der Waals surface area contributed by atoms with Crippen LogP contribution in [0, 0.1) is 40.1 Å². The molecule has 0 saturated heterocycles. The average Bonchev–Trinajstić information content (AvgIpc) is 2.91. The molecule has 120 valence electrons. The highest BCUT2D eigenvalue weighted by Gasteiger charge is 2.28. The molecule has 2 aromatic rings. The Morgan fingerprint density at radius 3 is 2.17 bits per heavy atom. The van der Waals surface area contributed by atoms with Crippen LogP contribution in [0.2, 0.25) is 0 Å². The summed E-state index contributed by atoms with van der Waals surface area (Å²) in [4.78, 5) is 13.7. The van der Waals surface area contributed by atoms with Gasteiger partial charge in [0.15, 0.2) is 34.7 Å². The number of imidazole rings is 1. The summed E-state index contributed by atoms with van der Waals surface area (Å²) >= 11 is 0. The van der Waals surface area contributed by atoms with E-state index in [9.17, 15) is 26.4 Å². The monoisotopic (exact) mass is 353 g/mol. The molecule has 1 heterocycles. The number of rotatable bonds is 3. The first-order valence-corrected chi connectivity index (χ1v) is 7.09. The Hall–Kier alpha value is -3.47. The number of nitriles is 2. The minimum absolute atomic E-state index is 0.0303. The second-order valence-corrected chi connectivity index (χ2v) is 5.48. The first kappa shape index (κ1) is 16.9. The largest absolute Gasteiger partial charge is 0.361 e. The molecule has 0 aliphatic rings. The predicted molar refractivity (Wildman–Crippen MR) is 69.4 cm³/mol. The molecule has 2 rings (SSSR count). The van der Waals surface area contributed by atoms with Crippen LogP contribution >= 0.6 is 0 Å². The highest BCUT2D eigenvalue weighted by Crippen LogP contribution is 2.27. The van der Waals surface area contributed by atoms with Gasteiger partial charge in [-0.15, -0.1) is 0 Å². The Labute approximate surface area is 131 Å². The van der Waals surface area contributed by atoms with Gasteiger partial charge in [-0.2, -0.15) is 22.9 Å². The van der Waals surface area contributed by atoms with E-state index in [0.717, 1.165) is 6.08 Å². The van der Waals surface area contributed by atoms with Crippen molar-refractivity contribution in [1.29, 1.82) is 10.5 Å². The SMILES string of the molecule is N#Cc1nc(-c2cc(F)c(F)c(F)c2)n(S(=O)(=O)N=C=O)c1C#N. The Balaban J connectivity index is 2.96. The summed E-state index contributed by atoms with van der Waals surface area (Å²) in [5.74, 6) is -5.94. The fourth-order valence-corrected chi connectivity index (χ4v) is 2.66. The van der Waals surface area contributed by atoms with Crippen molar-refractivity contribution in [1.82, 2.24) is 8.96 Å². The van der Waals surface area contributed by atoms with Gasteiger partial charge in [-0.25, -0.2) is 22.9 Å². The average molecular weight is 353 g/mol. The number of carbonyl (C=O) groups excluding carboxylic acids is 1. The first-order valence-electron chi connectivity index (χ1n) is 5.69. The molecule has 0 aliphatic carbocycles. The number of hydrogen-bond acceptors (Lipinski definition) is 6. The predicted octanol–water partition coefficient (Wildman–Crippen LogP) is 1.14. The third-order valence-corrected chi connectivity index (χ3v) is 3.80. The normalized spacial score (nSPS) is 10.5. The molecule has 0 saturated carbocycles. The zero-order valence-electron chi connectivity index (χ0n) is 11.2. The lowest BCUT2D eigenvalue weighted by Gasteiger charge is -2.06. The molecule has 0 radical (unpaired) electrons. The zero-order valence-corrected chi connectivity index (χ0v) is 12.0. The lowest BCUT2D eigenvalue weighted by molar-refractivity contribution is 0.447. The van der Waals surface area contributed by atoms with Crippen LogP contribution in [-0.2, 0) is 15.0 Å². The van der Waals surface area contributed by atoms with E-state index in [4.69, 9.17) is 10.5 Å². The van der Waals surface area contributed by atoms with E-state index in [2.05, 4.69) is 9.38 Å². The zero-order chi connectivity index (χ0) is 18.1. The lowest BCUT2D eigenvalue weighted by Crippen LogP contribution is -2.13. The van der Waals surface area contributed by atoms with Gasteiger partial charge in [0.1, 0.15) is 12.1 Å². The Morgan fingerprint density at radius 1 is 1.12 bits per heavy atom. The molecule has 1 aromatic heterocycles. The maximum Gasteiger partial charge on any atom is 0.361 e. The molecule has 0 amide bonds. The van der Waals surface area contributed by atoms with Gasteiger partial charge in [0.05, 0.1) is 0 Å². The summed E-state index contributed by atoms with van der Waals surface area (Å²) in [6.07, 6.45) is 0.734. The molecule has 0 bridgehead atoms. The van der Waals surface area contributed by atoms with Gasteiger partial charge in [0.25, 0.3) is 6.08 Å². The van der Waals surface area contributed by atoms with E-state index in [1.165, 1.54) is 12.1 Å². The van der Waals surface area contributed by atoms with Gasteiger partial charge in [-0.1, -0.05) is 4.40 Å². The highest BCUT2D eigenvalue weighted by molar-refractivity contribution is 7.88. The van der Waals surface area contributed by atoms with Crippen molar-refractivity contribution < 1.29 is 26.4 Å². The molecule has 1 aromatic carbocycles. The van der Waals surface area contributed by atoms with Crippen molar-refractivity contribution in [3.63, 3.8) is 0 Å². The van der Waals surface area contributed by atoms with Gasteiger partial charge >= 0.3 is 10.2 Å². The smallest absolute Gasteiger partial charge is 0.215 e. The molecule has 0 N–H and O–H groups in total. The van der Waals surface area contributed by atoms with Crippen LogP contribution in [-0.4, -0.2) is 23.5 Å². The van der Waals surface area contributed by atoms with Crippen molar-refractivity contribution in [3.8, 4) is 23.5 Å². The van der Waals surface area contributed by atoms with E-state index < -0.39 is 50.4 Å². The summed E-state index contributed by atoms with van der Waals surface area (Å²) in [7, 11) is -4.91. The first-order chi connectivity index (χ1) is 11.3. The maximum atomic E-state index is 13.4. The molecule has 12 heteroatoms. The van der Waals surface area contributed by atoms with Crippen LogP contribution in [0.15, 0.2) is 16.5 Å². The molecule has 24 heavy (non-hydrogen) atoms. The van der Waals surface area contributed by atoms with Crippen LogP contribution in [0.3, 0.4) is 0 Å². The van der Waals surface area contributed by atoms with Crippen molar-refractivity contribution in [3.05, 3.63) is 41.0 Å². The van der Waals surface area contributed by atoms with Crippen LogP contribution in [0.5, 0.6) is 0 Å². The van der Waals surface area contributed by atoms with Crippen molar-refractivity contribution in [2.24, 2.45) is 4.40 Å². The number of halogens is 3. The third-order valence-electron chi connectivity index (χ3n) is 2.67. The fraction of sp³-hybridized carbons (Fsp3) is 0. The molecule has 0 atom stereocenters. The second kappa shape index (κ2) is 5.96. The van der Waals surface area contributed by atoms with Gasteiger partial charge in [-0.05, 0) is 12.1 Å². The van der Waals surface area contributed by atoms with Crippen molar-refractivity contribution >= 4 is 16.3 Å². The van der Waals surface area contributed by atoms with Gasteiger partial charge in [0.2, 0.25) is 0 Å². The minimum Gasteiger partial charge on any atom is -0.215 e. The van der Waals surface area contributed by atoms with Crippen LogP contribution < -0.4 is 0 Å². The van der Waals surface area contributed by atoms with E-state index in [1.807, 2.05) is 0 Å². The number of hydrogen-bond donors (Lipinski definition) is 0. The van der Waals surface area contributed by atoms with Crippen molar-refractivity contribution in [2.75, 3.05) is 0 Å². The summed E-state index contributed by atoms with van der Waals surface area (Å²) < 4.78 is 66.2. The molecule has 8 nitrogen and oxygen atoms in total. The molecular formula is C12H2F3N5O3S. The fourth-order valence-electron chi connectivity index (χ4n) is 1.76. The molecule has 0 spiro atoms. The Morgan fingerprint density at radius 2 is 1.71 bits per heavy atom. The number of nitrogens with zero attached hydrogens (tertiary/aromatic N) is 5. The van der Waals surface area contributed by atoms with Crippen LogP contribution in [0.1, 0.15) is 11.4 Å². The molecule has 0 unspecified atom stereocenters. The van der Waals surface area contributed by atoms with E-state index in [0.29, 0.717) is 12.1 Å². The molecule has 0 aliphatic heterocycles. The molecular weight excluding hydrogens is 351 g/mol. The second-order valence-electron chi connectivity index (χ2n) is 4.03. The van der Waals surface area contributed by atoms with Crippen LogP contribution in [0.4, 0.5) is 13.2 Å². The Bertz CT molecular complexity index is 1070. The Kier molecular flexibility index (Phi) is 4.20. The summed E-state index contributed by atoms with van der Waals surface area (Å²) in [5.41, 5.74) is -2.16. The van der Waals surface area contributed by atoms with E-state index in [-0.39, 0.29) is 3.97 Å². The summed E-state index contributed by atoms with van der Waals surface area (Å²) in [6, 6.07) is 3.57. The number of aromatic nitrogens is 2. The summed E-state index contributed by atoms with van der Waals surface area (Å²) in [5, 5.41) is 17.9. The minimum atomic E-state index is -4.91. The highest BCUT2D eigenvalue weighted by atomic mass is 32.2. The number of isocyanates is 1. The molecule has 0 fully saturated rings. The quantitative estimate of drug-likeness (QED) is 0.462. The number of benzene rings is 1. The van der Waals surface area contributed by atoms with E-state index in [1.54, 1.807) is 0 Å². The van der Waals surface area contributed by atoms with Gasteiger partial charge < -0.3 is 0 Å². The standard InChI is InChI=1S/C12H2F3N5O3S/c13-7-1-6(2-8(14)11(7)15)12-19-9(3-16)10(4-17)20(12)24(22,23)18-5-21/h1-2H. The van der Waals surface area contributed by atoms with Crippen LogP contribution in [0.25, 0.3) is 11.4 Å². The maximum absolute atomic E-state index is 13.4. The summed E-state index contributed by atoms with van der Waals surface area (Å²) in [6.45, 7) is 0. The van der Waals surface area contributed by atoms with E-state index >= 15 is 0 Å². The third kappa shape index (κ3) is 2.63. The topological polar surface area (TPSA) is 129 Å². The van der Waals surface area contributed by atoms with Gasteiger partial charge in [0, 0.05) is 5.56 Å². The van der Waals surface area contributed by atoms with Gasteiger partial charge in [-0.3, -0.25) is 0 Å². The van der Waals surface area contributed by atoms with Crippen molar-refractivity contribution in [2.45, 2.75) is 0 Å².